The van der Waals surface area contributed by atoms with Crippen molar-refractivity contribution >= 4 is 11.6 Å². The third kappa shape index (κ3) is 2.77. The summed E-state index contributed by atoms with van der Waals surface area (Å²) in [6.07, 6.45) is 0.429. The number of benzene rings is 2. The van der Waals surface area contributed by atoms with E-state index in [2.05, 4.69) is 6.07 Å². The fourth-order valence-corrected chi connectivity index (χ4v) is 2.66. The summed E-state index contributed by atoms with van der Waals surface area (Å²) in [5.74, 6) is 0.745. The molecule has 0 unspecified atom stereocenters. The zero-order valence-electron chi connectivity index (χ0n) is 12.4. The largest absolute Gasteiger partial charge is 0.481 e. The van der Waals surface area contributed by atoms with Gasteiger partial charge in [0.05, 0.1) is 0 Å². The Hall–Kier alpha value is -2.29. The minimum absolute atomic E-state index is 0.0144. The SMILES string of the molecule is Cc1ccc(O[C@@H](C)C(=O)N2CCc3ccccc32)cc1. The average Bonchev–Trinajstić information content (AvgIpc) is 2.92. The Labute approximate surface area is 125 Å². The molecule has 21 heavy (non-hydrogen) atoms. The lowest BCUT2D eigenvalue weighted by Crippen LogP contribution is -2.39. The lowest BCUT2D eigenvalue weighted by Gasteiger charge is -2.22. The Morgan fingerprint density at radius 1 is 1.14 bits per heavy atom. The van der Waals surface area contributed by atoms with Crippen LogP contribution in [0, 0.1) is 6.92 Å². The number of carbonyl (C=O) groups is 1. The standard InChI is InChI=1S/C18H19NO2/c1-13-7-9-16(10-8-13)21-14(2)18(20)19-12-11-15-5-3-4-6-17(15)19/h3-10,14H,11-12H2,1-2H3/t14-/m0/s1. The molecule has 0 radical (unpaired) electrons. The van der Waals surface area contributed by atoms with Gasteiger partial charge in [-0.2, -0.15) is 0 Å². The van der Waals surface area contributed by atoms with E-state index in [1.54, 1.807) is 0 Å². The van der Waals surface area contributed by atoms with E-state index in [-0.39, 0.29) is 5.91 Å². The third-order valence-corrected chi connectivity index (χ3v) is 3.83. The number of nitrogens with zero attached hydrogens (tertiary/aromatic N) is 1. The summed E-state index contributed by atoms with van der Waals surface area (Å²) < 4.78 is 5.77. The number of carbonyl (C=O) groups excluding carboxylic acids is 1. The van der Waals surface area contributed by atoms with Crippen LogP contribution >= 0.6 is 0 Å². The van der Waals surface area contributed by atoms with E-state index in [4.69, 9.17) is 4.74 Å². The van der Waals surface area contributed by atoms with E-state index in [0.717, 1.165) is 24.4 Å². The zero-order valence-corrected chi connectivity index (χ0v) is 12.4. The number of hydrogen-bond donors (Lipinski definition) is 0. The summed E-state index contributed by atoms with van der Waals surface area (Å²) in [6, 6.07) is 15.8. The van der Waals surface area contributed by atoms with E-state index in [1.165, 1.54) is 11.1 Å². The van der Waals surface area contributed by atoms with Gasteiger partial charge in [0.1, 0.15) is 5.75 Å². The van der Waals surface area contributed by atoms with Crippen molar-refractivity contribution in [2.24, 2.45) is 0 Å². The van der Waals surface area contributed by atoms with Crippen molar-refractivity contribution in [2.45, 2.75) is 26.4 Å². The van der Waals surface area contributed by atoms with Gasteiger partial charge in [-0.3, -0.25) is 4.79 Å². The molecule has 0 aliphatic carbocycles. The molecule has 0 aromatic heterocycles. The summed E-state index contributed by atoms with van der Waals surface area (Å²) in [6.45, 7) is 4.57. The van der Waals surface area contributed by atoms with Gasteiger partial charge < -0.3 is 9.64 Å². The third-order valence-electron chi connectivity index (χ3n) is 3.83. The molecule has 3 heteroatoms. The monoisotopic (exact) mass is 281 g/mol. The number of hydrogen-bond acceptors (Lipinski definition) is 2. The van der Waals surface area contributed by atoms with Gasteiger partial charge in [0, 0.05) is 12.2 Å². The molecule has 0 saturated carbocycles. The average molecular weight is 281 g/mol. The normalized spacial score (nSPS) is 14.7. The molecule has 1 amide bonds. The van der Waals surface area contributed by atoms with E-state index in [1.807, 2.05) is 61.2 Å². The predicted octanol–water partition coefficient (Wildman–Crippen LogP) is 3.35. The number of aryl methyl sites for hydroxylation is 1. The molecule has 0 fully saturated rings. The molecule has 0 spiro atoms. The Morgan fingerprint density at radius 2 is 1.86 bits per heavy atom. The maximum Gasteiger partial charge on any atom is 0.267 e. The van der Waals surface area contributed by atoms with Crippen molar-refractivity contribution in [3.8, 4) is 5.75 Å². The van der Waals surface area contributed by atoms with Crippen LogP contribution in [0.2, 0.25) is 0 Å². The van der Waals surface area contributed by atoms with Crippen LogP contribution in [-0.2, 0) is 11.2 Å². The van der Waals surface area contributed by atoms with Crippen molar-refractivity contribution in [3.05, 3.63) is 59.7 Å². The molecule has 1 aliphatic heterocycles. The first-order valence-corrected chi connectivity index (χ1v) is 7.28. The van der Waals surface area contributed by atoms with Crippen molar-refractivity contribution in [1.29, 1.82) is 0 Å². The molecule has 1 aliphatic rings. The molecule has 3 nitrogen and oxygen atoms in total. The fourth-order valence-electron chi connectivity index (χ4n) is 2.66. The van der Waals surface area contributed by atoms with Crippen LogP contribution in [0.5, 0.6) is 5.75 Å². The number of para-hydroxylation sites is 1. The molecule has 0 saturated heterocycles. The molecular weight excluding hydrogens is 262 g/mol. The fraction of sp³-hybridized carbons (Fsp3) is 0.278. The Balaban J connectivity index is 1.72. The topological polar surface area (TPSA) is 29.5 Å². The Kier molecular flexibility index (Phi) is 3.65. The highest BCUT2D eigenvalue weighted by molar-refractivity contribution is 5.98. The van der Waals surface area contributed by atoms with Gasteiger partial charge >= 0.3 is 0 Å². The van der Waals surface area contributed by atoms with Crippen LogP contribution in [0.15, 0.2) is 48.5 Å². The van der Waals surface area contributed by atoms with Gasteiger partial charge in [0.2, 0.25) is 0 Å². The first-order chi connectivity index (χ1) is 10.1. The quantitative estimate of drug-likeness (QED) is 0.863. The molecule has 1 atom stereocenters. The Morgan fingerprint density at radius 3 is 2.62 bits per heavy atom. The number of anilines is 1. The van der Waals surface area contributed by atoms with Gasteiger partial charge in [0.15, 0.2) is 6.10 Å². The highest BCUT2D eigenvalue weighted by atomic mass is 16.5. The van der Waals surface area contributed by atoms with Crippen LogP contribution in [0.1, 0.15) is 18.1 Å². The van der Waals surface area contributed by atoms with Gasteiger partial charge in [-0.1, -0.05) is 35.9 Å². The first-order valence-electron chi connectivity index (χ1n) is 7.28. The van der Waals surface area contributed by atoms with Crippen molar-refractivity contribution < 1.29 is 9.53 Å². The van der Waals surface area contributed by atoms with Gasteiger partial charge in [-0.15, -0.1) is 0 Å². The van der Waals surface area contributed by atoms with Crippen LogP contribution < -0.4 is 9.64 Å². The highest BCUT2D eigenvalue weighted by Gasteiger charge is 2.28. The first kappa shape index (κ1) is 13.7. The van der Waals surface area contributed by atoms with Crippen molar-refractivity contribution in [2.75, 3.05) is 11.4 Å². The highest BCUT2D eigenvalue weighted by Crippen LogP contribution is 2.28. The Bertz CT molecular complexity index is 649. The summed E-state index contributed by atoms with van der Waals surface area (Å²) in [5.41, 5.74) is 3.42. The minimum Gasteiger partial charge on any atom is -0.481 e. The molecular formula is C18H19NO2. The summed E-state index contributed by atoms with van der Waals surface area (Å²) >= 11 is 0. The summed E-state index contributed by atoms with van der Waals surface area (Å²) in [5, 5.41) is 0. The van der Waals surface area contributed by atoms with Gasteiger partial charge in [0.25, 0.3) is 5.91 Å². The second kappa shape index (κ2) is 5.60. The van der Waals surface area contributed by atoms with Gasteiger partial charge in [-0.05, 0) is 44.0 Å². The van der Waals surface area contributed by atoms with E-state index in [9.17, 15) is 4.79 Å². The molecule has 108 valence electrons. The minimum atomic E-state index is -0.487. The van der Waals surface area contributed by atoms with Crippen molar-refractivity contribution in [1.82, 2.24) is 0 Å². The molecule has 1 heterocycles. The number of rotatable bonds is 3. The molecule has 3 rings (SSSR count). The van der Waals surface area contributed by atoms with Gasteiger partial charge in [-0.25, -0.2) is 0 Å². The second-order valence-corrected chi connectivity index (χ2v) is 5.44. The lowest BCUT2D eigenvalue weighted by atomic mass is 10.2. The number of amides is 1. The van der Waals surface area contributed by atoms with Crippen LogP contribution in [-0.4, -0.2) is 18.6 Å². The predicted molar refractivity (Wildman–Crippen MR) is 83.8 cm³/mol. The summed E-state index contributed by atoms with van der Waals surface area (Å²) in [7, 11) is 0. The molecule has 2 aromatic rings. The van der Waals surface area contributed by atoms with E-state index < -0.39 is 6.10 Å². The molecule has 0 bridgehead atoms. The summed E-state index contributed by atoms with van der Waals surface area (Å²) in [4.78, 5) is 14.4. The maximum atomic E-state index is 12.6. The smallest absolute Gasteiger partial charge is 0.267 e. The number of fused-ring (bicyclic) bond motifs is 1. The maximum absolute atomic E-state index is 12.6. The van der Waals surface area contributed by atoms with Crippen LogP contribution in [0.3, 0.4) is 0 Å². The second-order valence-electron chi connectivity index (χ2n) is 5.44. The van der Waals surface area contributed by atoms with E-state index in [0.29, 0.717) is 0 Å². The molecule has 2 aromatic carbocycles. The van der Waals surface area contributed by atoms with Crippen LogP contribution in [0.25, 0.3) is 0 Å². The van der Waals surface area contributed by atoms with Crippen LogP contribution in [0.4, 0.5) is 5.69 Å². The zero-order chi connectivity index (χ0) is 14.8. The van der Waals surface area contributed by atoms with E-state index >= 15 is 0 Å². The number of ether oxygens (including phenoxy) is 1. The van der Waals surface area contributed by atoms with Crippen molar-refractivity contribution in [3.63, 3.8) is 0 Å². The lowest BCUT2D eigenvalue weighted by molar-refractivity contribution is -0.124. The molecule has 0 N–H and O–H groups in total.